The lowest BCUT2D eigenvalue weighted by Crippen LogP contribution is -2.13. The number of amides is 1. The minimum atomic E-state index is -0.0761. The molecule has 158 valence electrons. The second-order valence-electron chi connectivity index (χ2n) is 7.43. The molecule has 31 heavy (non-hydrogen) atoms. The van der Waals surface area contributed by atoms with Crippen LogP contribution >= 0.6 is 23.4 Å². The zero-order valence-electron chi connectivity index (χ0n) is 17.4. The van der Waals surface area contributed by atoms with Gasteiger partial charge in [-0.15, -0.1) is 11.8 Å². The van der Waals surface area contributed by atoms with Crippen LogP contribution in [0.15, 0.2) is 76.0 Å². The summed E-state index contributed by atoms with van der Waals surface area (Å²) < 4.78 is 5.96. The molecule has 4 aromatic rings. The first-order valence-corrected chi connectivity index (χ1v) is 11.6. The zero-order chi connectivity index (χ0) is 21.8. The topological polar surface area (TPSA) is 55.1 Å². The highest BCUT2D eigenvalue weighted by atomic mass is 35.5. The van der Waals surface area contributed by atoms with Gasteiger partial charge >= 0.3 is 0 Å². The van der Waals surface area contributed by atoms with Crippen molar-refractivity contribution in [1.82, 2.24) is 4.98 Å². The molecule has 0 spiro atoms. The number of rotatable bonds is 7. The van der Waals surface area contributed by atoms with E-state index in [1.165, 1.54) is 17.3 Å². The minimum absolute atomic E-state index is 0.0761. The molecule has 1 atom stereocenters. The van der Waals surface area contributed by atoms with Gasteiger partial charge in [-0.2, -0.15) is 0 Å². The zero-order valence-corrected chi connectivity index (χ0v) is 19.0. The molecule has 0 aliphatic rings. The number of hydrogen-bond acceptors (Lipinski definition) is 4. The number of fused-ring (bicyclic) bond motifs is 1. The Labute approximate surface area is 191 Å². The summed E-state index contributed by atoms with van der Waals surface area (Å²) in [7, 11) is 0. The lowest BCUT2D eigenvalue weighted by Gasteiger charge is -2.07. The normalized spacial score (nSPS) is 12.1. The van der Waals surface area contributed by atoms with Crippen molar-refractivity contribution in [2.75, 3.05) is 11.1 Å². The molecular weight excluding hydrogens is 428 g/mol. The molecule has 0 unspecified atom stereocenters. The number of carbonyl (C=O) groups is 1. The summed E-state index contributed by atoms with van der Waals surface area (Å²) in [4.78, 5) is 18.0. The predicted octanol–water partition coefficient (Wildman–Crippen LogP) is 7.39. The van der Waals surface area contributed by atoms with Crippen LogP contribution in [0.2, 0.25) is 5.02 Å². The van der Waals surface area contributed by atoms with Crippen molar-refractivity contribution >= 4 is 46.1 Å². The number of halogens is 1. The third-order valence-electron chi connectivity index (χ3n) is 5.17. The number of hydrogen-bond donors (Lipinski definition) is 1. The van der Waals surface area contributed by atoms with Crippen molar-refractivity contribution in [1.29, 1.82) is 0 Å². The average Bonchev–Trinajstić information content (AvgIpc) is 3.22. The molecule has 1 amide bonds. The number of thioether (sulfide) groups is 1. The van der Waals surface area contributed by atoms with E-state index in [4.69, 9.17) is 16.0 Å². The van der Waals surface area contributed by atoms with Crippen LogP contribution in [0.25, 0.3) is 22.6 Å². The maximum atomic E-state index is 12.4. The van der Waals surface area contributed by atoms with Crippen LogP contribution in [0, 0.1) is 0 Å². The smallest absolute Gasteiger partial charge is 0.234 e. The fourth-order valence-corrected chi connectivity index (χ4v) is 4.04. The van der Waals surface area contributed by atoms with Gasteiger partial charge in [-0.25, -0.2) is 4.98 Å². The monoisotopic (exact) mass is 450 g/mol. The molecule has 1 heterocycles. The summed E-state index contributed by atoms with van der Waals surface area (Å²) in [6, 6.07) is 21.2. The van der Waals surface area contributed by atoms with Crippen LogP contribution in [-0.4, -0.2) is 16.6 Å². The quantitative estimate of drug-likeness (QED) is 0.298. The van der Waals surface area contributed by atoms with Crippen molar-refractivity contribution < 1.29 is 9.21 Å². The molecule has 4 rings (SSSR count). The highest BCUT2D eigenvalue weighted by Gasteiger charge is 2.12. The predicted molar refractivity (Wildman–Crippen MR) is 129 cm³/mol. The van der Waals surface area contributed by atoms with E-state index in [1.807, 2.05) is 54.6 Å². The molecule has 6 heteroatoms. The Hall–Kier alpha value is -2.76. The first kappa shape index (κ1) is 21.5. The van der Waals surface area contributed by atoms with Crippen LogP contribution in [-0.2, 0) is 4.79 Å². The Bertz CT molecular complexity index is 1200. The second kappa shape index (κ2) is 9.58. The van der Waals surface area contributed by atoms with Gasteiger partial charge in [0.15, 0.2) is 5.58 Å². The maximum absolute atomic E-state index is 12.4. The third-order valence-corrected chi connectivity index (χ3v) is 6.43. The standard InChI is InChI=1S/C25H23ClN2O2S/c1-3-16(2)17-7-12-23-22(14-17)28-25(30-23)18-5-4-6-20(13-18)27-24(29)15-31-21-10-8-19(26)9-11-21/h4-14,16H,3,15H2,1-2H3,(H,27,29)/t16-/m0/s1. The lowest BCUT2D eigenvalue weighted by molar-refractivity contribution is -0.113. The van der Waals surface area contributed by atoms with Gasteiger partial charge in [0.1, 0.15) is 5.52 Å². The Morgan fingerprint density at radius 1 is 1.13 bits per heavy atom. The Kier molecular flexibility index (Phi) is 6.64. The molecule has 0 aliphatic carbocycles. The molecular formula is C25H23ClN2O2S. The first-order valence-electron chi connectivity index (χ1n) is 10.2. The molecule has 3 aromatic carbocycles. The first-order chi connectivity index (χ1) is 15.0. The number of benzene rings is 3. The van der Waals surface area contributed by atoms with E-state index in [1.54, 1.807) is 0 Å². The Morgan fingerprint density at radius 3 is 2.71 bits per heavy atom. The van der Waals surface area contributed by atoms with Gasteiger partial charge in [-0.3, -0.25) is 4.79 Å². The van der Waals surface area contributed by atoms with Crippen molar-refractivity contribution in [2.45, 2.75) is 31.1 Å². The number of anilines is 1. The van der Waals surface area contributed by atoms with Crippen LogP contribution in [0.3, 0.4) is 0 Å². The maximum Gasteiger partial charge on any atom is 0.234 e. The molecule has 0 fully saturated rings. The van der Waals surface area contributed by atoms with Crippen molar-refractivity contribution in [3.05, 3.63) is 77.3 Å². The van der Waals surface area contributed by atoms with Gasteiger partial charge in [0, 0.05) is 21.2 Å². The molecule has 1 N–H and O–H groups in total. The Morgan fingerprint density at radius 2 is 1.94 bits per heavy atom. The summed E-state index contributed by atoms with van der Waals surface area (Å²) >= 11 is 7.36. The minimum Gasteiger partial charge on any atom is -0.436 e. The van der Waals surface area contributed by atoms with E-state index in [9.17, 15) is 4.79 Å². The van der Waals surface area contributed by atoms with Gasteiger partial charge in [0.05, 0.1) is 5.75 Å². The number of nitrogens with one attached hydrogen (secondary N) is 1. The van der Waals surface area contributed by atoms with Gasteiger partial charge < -0.3 is 9.73 Å². The van der Waals surface area contributed by atoms with E-state index in [2.05, 4.69) is 36.3 Å². The third kappa shape index (κ3) is 5.30. The lowest BCUT2D eigenvalue weighted by atomic mass is 9.98. The molecule has 0 saturated heterocycles. The van der Waals surface area contributed by atoms with Gasteiger partial charge in [-0.05, 0) is 72.5 Å². The molecule has 4 nitrogen and oxygen atoms in total. The Balaban J connectivity index is 1.46. The van der Waals surface area contributed by atoms with Crippen LogP contribution in [0.1, 0.15) is 31.7 Å². The molecule has 0 aliphatic heterocycles. The number of oxazole rings is 1. The van der Waals surface area contributed by atoms with E-state index in [-0.39, 0.29) is 5.91 Å². The average molecular weight is 451 g/mol. The summed E-state index contributed by atoms with van der Waals surface area (Å²) in [6.07, 6.45) is 1.08. The van der Waals surface area contributed by atoms with Crippen LogP contribution < -0.4 is 5.32 Å². The van der Waals surface area contributed by atoms with Crippen molar-refractivity contribution in [3.8, 4) is 11.5 Å². The van der Waals surface area contributed by atoms with E-state index in [0.717, 1.165) is 28.0 Å². The van der Waals surface area contributed by atoms with Gasteiger partial charge in [0.2, 0.25) is 11.8 Å². The van der Waals surface area contributed by atoms with E-state index >= 15 is 0 Å². The van der Waals surface area contributed by atoms with E-state index in [0.29, 0.717) is 28.3 Å². The van der Waals surface area contributed by atoms with E-state index < -0.39 is 0 Å². The van der Waals surface area contributed by atoms with Crippen molar-refractivity contribution in [2.24, 2.45) is 0 Å². The molecule has 1 aromatic heterocycles. The number of carbonyl (C=O) groups excluding carboxylic acids is 1. The molecule has 0 radical (unpaired) electrons. The van der Waals surface area contributed by atoms with Crippen LogP contribution in [0.5, 0.6) is 0 Å². The van der Waals surface area contributed by atoms with Crippen LogP contribution in [0.4, 0.5) is 5.69 Å². The highest BCUT2D eigenvalue weighted by Crippen LogP contribution is 2.29. The van der Waals surface area contributed by atoms with Gasteiger partial charge in [-0.1, -0.05) is 37.6 Å². The molecule has 0 saturated carbocycles. The summed E-state index contributed by atoms with van der Waals surface area (Å²) in [5, 5.41) is 3.63. The summed E-state index contributed by atoms with van der Waals surface area (Å²) in [6.45, 7) is 4.39. The summed E-state index contributed by atoms with van der Waals surface area (Å²) in [5.41, 5.74) is 4.40. The highest BCUT2D eigenvalue weighted by molar-refractivity contribution is 8.00. The summed E-state index contributed by atoms with van der Waals surface area (Å²) in [5.74, 6) is 1.26. The number of aromatic nitrogens is 1. The fraction of sp³-hybridized carbons (Fsp3) is 0.200. The molecule has 0 bridgehead atoms. The SMILES string of the molecule is CC[C@H](C)c1ccc2oc(-c3cccc(NC(=O)CSc4ccc(Cl)cc4)c3)nc2c1. The largest absolute Gasteiger partial charge is 0.436 e. The van der Waals surface area contributed by atoms with Gasteiger partial charge in [0.25, 0.3) is 0 Å². The number of nitrogens with zero attached hydrogens (tertiary/aromatic N) is 1. The van der Waals surface area contributed by atoms with Crippen molar-refractivity contribution in [3.63, 3.8) is 0 Å². The second-order valence-corrected chi connectivity index (χ2v) is 8.91. The fourth-order valence-electron chi connectivity index (χ4n) is 3.22.